The highest BCUT2D eigenvalue weighted by molar-refractivity contribution is 5.19. The van der Waals surface area contributed by atoms with E-state index in [9.17, 15) is 0 Å². The highest BCUT2D eigenvalue weighted by Crippen LogP contribution is 2.22. The molecule has 1 N–H and O–H groups in total. The number of nitrogens with zero attached hydrogens (tertiary/aromatic N) is 1. The van der Waals surface area contributed by atoms with Crippen molar-refractivity contribution in [3.05, 3.63) is 35.9 Å². The zero-order valence-electron chi connectivity index (χ0n) is 13.8. The molecule has 0 amide bonds. The second-order valence-corrected chi connectivity index (χ2v) is 5.27. The van der Waals surface area contributed by atoms with E-state index >= 15 is 0 Å². The first kappa shape index (κ1) is 18.1. The molecule has 0 spiro atoms. The Labute approximate surface area is 129 Å². The van der Waals surface area contributed by atoms with Gasteiger partial charge in [0.05, 0.1) is 13.2 Å². The summed E-state index contributed by atoms with van der Waals surface area (Å²) >= 11 is 0. The quantitative estimate of drug-likeness (QED) is 0.679. The predicted octanol–water partition coefficient (Wildman–Crippen LogP) is 2.32. The van der Waals surface area contributed by atoms with Gasteiger partial charge in [-0.2, -0.15) is 0 Å². The average molecular weight is 294 g/mol. The summed E-state index contributed by atoms with van der Waals surface area (Å²) < 4.78 is 10.6. The number of rotatable bonds is 11. The zero-order valence-corrected chi connectivity index (χ0v) is 13.8. The SMILES string of the molecule is CCNCC(c1ccccc1)N(CCOC)C(C)COC. The van der Waals surface area contributed by atoms with Crippen molar-refractivity contribution in [2.45, 2.75) is 25.9 Å². The first-order valence-electron chi connectivity index (χ1n) is 7.73. The van der Waals surface area contributed by atoms with E-state index in [-0.39, 0.29) is 0 Å². The number of benzene rings is 1. The van der Waals surface area contributed by atoms with E-state index in [2.05, 4.69) is 54.4 Å². The average Bonchev–Trinajstić information content (AvgIpc) is 2.51. The molecule has 0 bridgehead atoms. The van der Waals surface area contributed by atoms with Gasteiger partial charge in [-0.3, -0.25) is 4.90 Å². The summed E-state index contributed by atoms with van der Waals surface area (Å²) in [5.41, 5.74) is 1.33. The number of likely N-dealkylation sites (N-methyl/N-ethyl adjacent to an activating group) is 1. The monoisotopic (exact) mass is 294 g/mol. The van der Waals surface area contributed by atoms with Crippen molar-refractivity contribution in [3.63, 3.8) is 0 Å². The first-order valence-corrected chi connectivity index (χ1v) is 7.73. The Kier molecular flexibility index (Phi) is 9.26. The molecule has 0 radical (unpaired) electrons. The van der Waals surface area contributed by atoms with E-state index in [1.807, 2.05) is 0 Å². The largest absolute Gasteiger partial charge is 0.383 e. The lowest BCUT2D eigenvalue weighted by Crippen LogP contribution is -2.44. The molecule has 0 aromatic heterocycles. The van der Waals surface area contributed by atoms with Crippen molar-refractivity contribution in [2.24, 2.45) is 0 Å². The zero-order chi connectivity index (χ0) is 15.5. The van der Waals surface area contributed by atoms with Crippen molar-refractivity contribution >= 4 is 0 Å². The minimum absolute atomic E-state index is 0.325. The molecule has 0 saturated heterocycles. The molecule has 2 unspecified atom stereocenters. The summed E-state index contributed by atoms with van der Waals surface area (Å²) in [6.07, 6.45) is 0. The molecular formula is C17H30N2O2. The topological polar surface area (TPSA) is 33.7 Å². The molecule has 0 aliphatic rings. The molecule has 1 aromatic rings. The van der Waals surface area contributed by atoms with E-state index < -0.39 is 0 Å². The normalized spacial score (nSPS) is 14.3. The lowest BCUT2D eigenvalue weighted by molar-refractivity contribution is 0.0463. The van der Waals surface area contributed by atoms with Crippen LogP contribution in [0.4, 0.5) is 0 Å². The van der Waals surface area contributed by atoms with Gasteiger partial charge in [0.2, 0.25) is 0 Å². The van der Waals surface area contributed by atoms with Gasteiger partial charge in [-0.05, 0) is 19.0 Å². The number of ether oxygens (including phenoxy) is 2. The van der Waals surface area contributed by atoms with Crippen molar-refractivity contribution in [1.29, 1.82) is 0 Å². The summed E-state index contributed by atoms with van der Waals surface area (Å²) in [5.74, 6) is 0. The fourth-order valence-electron chi connectivity index (χ4n) is 2.60. The van der Waals surface area contributed by atoms with Crippen LogP contribution in [-0.2, 0) is 9.47 Å². The fraction of sp³-hybridized carbons (Fsp3) is 0.647. The summed E-state index contributed by atoms with van der Waals surface area (Å²) in [6.45, 7) is 8.59. The second-order valence-electron chi connectivity index (χ2n) is 5.27. The third-order valence-electron chi connectivity index (χ3n) is 3.70. The van der Waals surface area contributed by atoms with Crippen LogP contribution in [0.1, 0.15) is 25.5 Å². The molecule has 0 fully saturated rings. The lowest BCUT2D eigenvalue weighted by Gasteiger charge is -2.36. The Hall–Kier alpha value is -0.940. The molecule has 0 saturated carbocycles. The van der Waals surface area contributed by atoms with Gasteiger partial charge in [-0.15, -0.1) is 0 Å². The van der Waals surface area contributed by atoms with Gasteiger partial charge in [-0.1, -0.05) is 37.3 Å². The van der Waals surface area contributed by atoms with E-state index in [0.717, 1.165) is 32.8 Å². The minimum atomic E-state index is 0.325. The van der Waals surface area contributed by atoms with Crippen LogP contribution in [0.15, 0.2) is 30.3 Å². The van der Waals surface area contributed by atoms with Gasteiger partial charge in [0.25, 0.3) is 0 Å². The van der Waals surface area contributed by atoms with Gasteiger partial charge in [-0.25, -0.2) is 0 Å². The summed E-state index contributed by atoms with van der Waals surface area (Å²) in [7, 11) is 3.51. The smallest absolute Gasteiger partial charge is 0.0615 e. The van der Waals surface area contributed by atoms with Crippen LogP contribution in [0.2, 0.25) is 0 Å². The maximum atomic E-state index is 5.35. The summed E-state index contributed by atoms with van der Waals surface area (Å²) in [5, 5.41) is 3.48. The predicted molar refractivity (Wildman–Crippen MR) is 87.6 cm³/mol. The Bertz CT molecular complexity index is 359. The van der Waals surface area contributed by atoms with Crippen LogP contribution in [0.3, 0.4) is 0 Å². The van der Waals surface area contributed by atoms with Gasteiger partial charge in [0.15, 0.2) is 0 Å². The minimum Gasteiger partial charge on any atom is -0.383 e. The van der Waals surface area contributed by atoms with Gasteiger partial charge < -0.3 is 14.8 Å². The van der Waals surface area contributed by atoms with Crippen LogP contribution >= 0.6 is 0 Å². The number of methoxy groups -OCH3 is 2. The van der Waals surface area contributed by atoms with Gasteiger partial charge in [0, 0.05) is 39.4 Å². The summed E-state index contributed by atoms with van der Waals surface area (Å²) in [4.78, 5) is 2.46. The molecule has 120 valence electrons. The highest BCUT2D eigenvalue weighted by atomic mass is 16.5. The highest BCUT2D eigenvalue weighted by Gasteiger charge is 2.24. The van der Waals surface area contributed by atoms with Crippen LogP contribution in [0, 0.1) is 0 Å². The fourth-order valence-corrected chi connectivity index (χ4v) is 2.60. The lowest BCUT2D eigenvalue weighted by atomic mass is 10.0. The number of nitrogens with one attached hydrogen (secondary N) is 1. The van der Waals surface area contributed by atoms with Gasteiger partial charge in [0.1, 0.15) is 0 Å². The van der Waals surface area contributed by atoms with Crippen LogP contribution in [0.5, 0.6) is 0 Å². The summed E-state index contributed by atoms with van der Waals surface area (Å²) in [6, 6.07) is 11.3. The van der Waals surface area contributed by atoms with Gasteiger partial charge >= 0.3 is 0 Å². The third-order valence-corrected chi connectivity index (χ3v) is 3.70. The van der Waals surface area contributed by atoms with Crippen LogP contribution < -0.4 is 5.32 Å². The molecule has 0 aliphatic carbocycles. The maximum absolute atomic E-state index is 5.35. The second kappa shape index (κ2) is 10.7. The Morgan fingerprint density at radius 3 is 2.43 bits per heavy atom. The molecule has 4 nitrogen and oxygen atoms in total. The molecule has 0 heterocycles. The van der Waals surface area contributed by atoms with E-state index in [0.29, 0.717) is 12.1 Å². The molecule has 2 atom stereocenters. The molecule has 4 heteroatoms. The van der Waals surface area contributed by atoms with Crippen LogP contribution in [-0.4, -0.2) is 58.0 Å². The third kappa shape index (κ3) is 6.14. The number of hydrogen-bond acceptors (Lipinski definition) is 4. The number of hydrogen-bond donors (Lipinski definition) is 1. The molecule has 21 heavy (non-hydrogen) atoms. The molecule has 1 rings (SSSR count). The standard InChI is InChI=1S/C17H30N2O2/c1-5-18-13-17(16-9-7-6-8-10-16)19(11-12-20-3)15(2)14-21-4/h6-10,15,17-18H,5,11-14H2,1-4H3. The Morgan fingerprint density at radius 1 is 1.14 bits per heavy atom. The Morgan fingerprint density at radius 2 is 1.86 bits per heavy atom. The maximum Gasteiger partial charge on any atom is 0.0615 e. The van der Waals surface area contributed by atoms with E-state index in [4.69, 9.17) is 9.47 Å². The van der Waals surface area contributed by atoms with E-state index in [1.54, 1.807) is 14.2 Å². The van der Waals surface area contributed by atoms with Crippen molar-refractivity contribution in [3.8, 4) is 0 Å². The van der Waals surface area contributed by atoms with Crippen molar-refractivity contribution < 1.29 is 9.47 Å². The Balaban J connectivity index is 2.92. The first-order chi connectivity index (χ1) is 10.2. The van der Waals surface area contributed by atoms with Crippen molar-refractivity contribution in [1.82, 2.24) is 10.2 Å². The molecular weight excluding hydrogens is 264 g/mol. The van der Waals surface area contributed by atoms with Crippen LogP contribution in [0.25, 0.3) is 0 Å². The van der Waals surface area contributed by atoms with E-state index in [1.165, 1.54) is 5.56 Å². The van der Waals surface area contributed by atoms with Crippen molar-refractivity contribution in [2.75, 3.05) is 47.1 Å². The molecule has 1 aromatic carbocycles. The molecule has 0 aliphatic heterocycles.